The second kappa shape index (κ2) is 9.36. The van der Waals surface area contributed by atoms with Crippen LogP contribution in [0.3, 0.4) is 0 Å². The number of carbonyl (C=O) groups excluding carboxylic acids is 1. The van der Waals surface area contributed by atoms with Gasteiger partial charge in [-0.1, -0.05) is 43.2 Å². The Kier molecular flexibility index (Phi) is 6.24. The van der Waals surface area contributed by atoms with Crippen molar-refractivity contribution in [2.24, 2.45) is 0 Å². The summed E-state index contributed by atoms with van der Waals surface area (Å²) >= 11 is 0. The van der Waals surface area contributed by atoms with E-state index < -0.39 is 42.1 Å². The first kappa shape index (κ1) is 22.7. The molecule has 5 fully saturated rings. The highest BCUT2D eigenvalue weighted by molar-refractivity contribution is 5.87. The molecule has 1 aromatic rings. The summed E-state index contributed by atoms with van der Waals surface area (Å²) in [7, 11) is 0. The number of esters is 1. The van der Waals surface area contributed by atoms with Crippen molar-refractivity contribution in [3.63, 3.8) is 0 Å². The fourth-order valence-corrected chi connectivity index (χ4v) is 6.11. The summed E-state index contributed by atoms with van der Waals surface area (Å²) in [5.41, 5.74) is 0.935. The molecule has 5 atom stereocenters. The van der Waals surface area contributed by atoms with Gasteiger partial charge < -0.3 is 28.4 Å². The molecule has 2 spiro atoms. The Labute approximate surface area is 200 Å². The SMILES string of the molecule is O=C(/C=C/c1ccccc1)O[C@H]1[C@H]([C@@H]2COC3(CCCCC3)O2)O[C@H]2OC3(CCCCC3)O[C@@H]21. The molecule has 2 saturated carbocycles. The molecule has 7 nitrogen and oxygen atoms in total. The smallest absolute Gasteiger partial charge is 0.331 e. The van der Waals surface area contributed by atoms with Gasteiger partial charge in [0.25, 0.3) is 0 Å². The van der Waals surface area contributed by atoms with Crippen LogP contribution in [0.5, 0.6) is 0 Å². The molecule has 3 saturated heterocycles. The topological polar surface area (TPSA) is 72.5 Å². The maximum absolute atomic E-state index is 12.9. The molecule has 5 aliphatic rings. The average molecular weight is 471 g/mol. The molecule has 3 heterocycles. The summed E-state index contributed by atoms with van der Waals surface area (Å²) in [4.78, 5) is 12.9. The number of benzene rings is 1. The van der Waals surface area contributed by atoms with Gasteiger partial charge in [0.2, 0.25) is 0 Å². The van der Waals surface area contributed by atoms with Crippen LogP contribution in [0.1, 0.15) is 69.8 Å². The molecule has 184 valence electrons. The van der Waals surface area contributed by atoms with E-state index in [1.807, 2.05) is 30.3 Å². The van der Waals surface area contributed by atoms with Crippen molar-refractivity contribution in [2.75, 3.05) is 6.61 Å². The molecular weight excluding hydrogens is 436 g/mol. The first-order chi connectivity index (χ1) is 16.6. The van der Waals surface area contributed by atoms with E-state index in [0.717, 1.165) is 56.9 Å². The maximum atomic E-state index is 12.9. The Morgan fingerprint density at radius 2 is 1.56 bits per heavy atom. The van der Waals surface area contributed by atoms with Crippen molar-refractivity contribution in [1.29, 1.82) is 0 Å². The number of hydrogen-bond donors (Lipinski definition) is 0. The lowest BCUT2D eigenvalue weighted by molar-refractivity contribution is -0.261. The Morgan fingerprint density at radius 3 is 2.29 bits per heavy atom. The summed E-state index contributed by atoms with van der Waals surface area (Å²) in [5.74, 6) is -1.58. The first-order valence-corrected chi connectivity index (χ1v) is 12.9. The van der Waals surface area contributed by atoms with Crippen LogP contribution >= 0.6 is 0 Å². The van der Waals surface area contributed by atoms with Crippen molar-refractivity contribution < 1.29 is 33.2 Å². The summed E-state index contributed by atoms with van der Waals surface area (Å²) < 4.78 is 37.8. The predicted octanol–water partition coefficient (Wildman–Crippen LogP) is 4.49. The van der Waals surface area contributed by atoms with Crippen molar-refractivity contribution in [2.45, 2.75) is 106 Å². The zero-order chi connectivity index (χ0) is 23.0. The Balaban J connectivity index is 1.19. The number of fused-ring (bicyclic) bond motifs is 1. The van der Waals surface area contributed by atoms with E-state index in [1.165, 1.54) is 18.9 Å². The van der Waals surface area contributed by atoms with Crippen molar-refractivity contribution in [1.82, 2.24) is 0 Å². The van der Waals surface area contributed by atoms with Crippen LogP contribution in [0.4, 0.5) is 0 Å². The van der Waals surface area contributed by atoms with E-state index in [-0.39, 0.29) is 6.10 Å². The van der Waals surface area contributed by atoms with E-state index >= 15 is 0 Å². The highest BCUT2D eigenvalue weighted by Gasteiger charge is 2.62. The summed E-state index contributed by atoms with van der Waals surface area (Å²) in [6, 6.07) is 9.69. The molecule has 2 aliphatic carbocycles. The average Bonchev–Trinajstić information content (AvgIpc) is 3.52. The molecular formula is C27H34O7. The lowest BCUT2D eigenvalue weighted by atomic mass is 9.94. The molecule has 0 unspecified atom stereocenters. The quantitative estimate of drug-likeness (QED) is 0.474. The summed E-state index contributed by atoms with van der Waals surface area (Å²) in [6.45, 7) is 0.420. The van der Waals surface area contributed by atoms with Gasteiger partial charge >= 0.3 is 5.97 Å². The minimum atomic E-state index is -0.624. The normalized spacial score (nSPS) is 36.3. The first-order valence-electron chi connectivity index (χ1n) is 12.9. The molecule has 3 aliphatic heterocycles. The van der Waals surface area contributed by atoms with Crippen LogP contribution in [0.25, 0.3) is 6.08 Å². The second-order valence-corrected chi connectivity index (χ2v) is 10.2. The van der Waals surface area contributed by atoms with Crippen LogP contribution in [0.15, 0.2) is 36.4 Å². The van der Waals surface area contributed by atoms with E-state index in [4.69, 9.17) is 28.4 Å². The fraction of sp³-hybridized carbons (Fsp3) is 0.667. The highest BCUT2D eigenvalue weighted by Crippen LogP contribution is 2.48. The molecule has 6 rings (SSSR count). The van der Waals surface area contributed by atoms with Crippen molar-refractivity contribution >= 4 is 12.0 Å². The third-order valence-corrected chi connectivity index (χ3v) is 7.83. The van der Waals surface area contributed by atoms with E-state index in [0.29, 0.717) is 6.61 Å². The standard InChI is InChI=1S/C27H34O7/c28-21(13-12-19-10-4-1-5-11-19)30-23-22(20-18-29-26(32-20)14-6-2-7-15-26)31-25-24(23)33-27(34-25)16-8-3-9-17-27/h1,4-5,10-13,20,22-25H,2-3,6-9,14-18H2/b13-12+/t20-,22-,23-,24+,25-/m0/s1. The molecule has 0 radical (unpaired) electrons. The van der Waals surface area contributed by atoms with E-state index in [1.54, 1.807) is 6.08 Å². The zero-order valence-electron chi connectivity index (χ0n) is 19.6. The third-order valence-electron chi connectivity index (χ3n) is 7.83. The minimum Gasteiger partial charge on any atom is -0.453 e. The third kappa shape index (κ3) is 4.44. The van der Waals surface area contributed by atoms with E-state index in [9.17, 15) is 4.79 Å². The van der Waals surface area contributed by atoms with Crippen LogP contribution in [0.2, 0.25) is 0 Å². The van der Waals surface area contributed by atoms with Crippen LogP contribution in [0, 0.1) is 0 Å². The number of ether oxygens (including phenoxy) is 6. The molecule has 1 aromatic carbocycles. The van der Waals surface area contributed by atoms with Gasteiger partial charge in [0, 0.05) is 31.8 Å². The highest BCUT2D eigenvalue weighted by atomic mass is 16.9. The Morgan fingerprint density at radius 1 is 0.853 bits per heavy atom. The van der Waals surface area contributed by atoms with Gasteiger partial charge in [-0.2, -0.15) is 0 Å². The van der Waals surface area contributed by atoms with Crippen molar-refractivity contribution in [3.05, 3.63) is 42.0 Å². The fourth-order valence-electron chi connectivity index (χ4n) is 6.11. The van der Waals surface area contributed by atoms with E-state index in [2.05, 4.69) is 0 Å². The molecule has 0 bridgehead atoms. The summed E-state index contributed by atoms with van der Waals surface area (Å²) in [6.07, 6.45) is 10.9. The van der Waals surface area contributed by atoms with Gasteiger partial charge in [0.15, 0.2) is 30.1 Å². The van der Waals surface area contributed by atoms with Crippen LogP contribution in [-0.2, 0) is 33.2 Å². The second-order valence-electron chi connectivity index (χ2n) is 10.2. The molecule has 0 N–H and O–H groups in total. The Bertz CT molecular complexity index is 887. The number of carbonyl (C=O) groups is 1. The minimum absolute atomic E-state index is 0.325. The van der Waals surface area contributed by atoms with Crippen LogP contribution < -0.4 is 0 Å². The molecule has 7 heteroatoms. The van der Waals surface area contributed by atoms with Gasteiger partial charge in [0.05, 0.1) is 6.61 Å². The number of hydrogen-bond acceptors (Lipinski definition) is 7. The van der Waals surface area contributed by atoms with Crippen LogP contribution in [-0.4, -0.2) is 54.9 Å². The molecule has 0 aromatic heterocycles. The van der Waals surface area contributed by atoms with Gasteiger partial charge in [-0.15, -0.1) is 0 Å². The van der Waals surface area contributed by atoms with Crippen molar-refractivity contribution in [3.8, 4) is 0 Å². The summed E-state index contributed by atoms with van der Waals surface area (Å²) in [5, 5.41) is 0. The Hall–Kier alpha value is -1.77. The predicted molar refractivity (Wildman–Crippen MR) is 122 cm³/mol. The van der Waals surface area contributed by atoms with Gasteiger partial charge in [0.1, 0.15) is 12.2 Å². The largest absolute Gasteiger partial charge is 0.453 e. The van der Waals surface area contributed by atoms with Gasteiger partial charge in [-0.3, -0.25) is 0 Å². The molecule has 0 amide bonds. The maximum Gasteiger partial charge on any atom is 0.331 e. The zero-order valence-corrected chi connectivity index (χ0v) is 19.6. The lowest BCUT2D eigenvalue weighted by Gasteiger charge is -2.35. The van der Waals surface area contributed by atoms with Gasteiger partial charge in [-0.25, -0.2) is 4.79 Å². The van der Waals surface area contributed by atoms with Gasteiger partial charge in [-0.05, 0) is 37.3 Å². The lowest BCUT2D eigenvalue weighted by Crippen LogP contribution is -2.46. The monoisotopic (exact) mass is 470 g/mol. The number of rotatable bonds is 4. The molecule has 34 heavy (non-hydrogen) atoms.